The Kier molecular flexibility index (Phi) is 4.37. The van der Waals surface area contributed by atoms with Crippen molar-refractivity contribution in [3.8, 4) is 17.2 Å². The van der Waals surface area contributed by atoms with Crippen molar-refractivity contribution in [3.05, 3.63) is 53.6 Å². The van der Waals surface area contributed by atoms with Crippen LogP contribution in [-0.2, 0) is 9.59 Å². The van der Waals surface area contributed by atoms with Crippen LogP contribution in [0.25, 0.3) is 0 Å². The van der Waals surface area contributed by atoms with Gasteiger partial charge in [-0.25, -0.2) is 0 Å². The number of piperidine rings is 1. The summed E-state index contributed by atoms with van der Waals surface area (Å²) >= 11 is 0. The Bertz CT molecular complexity index is 848. The first kappa shape index (κ1) is 16.6. The molecule has 0 aromatic heterocycles. The van der Waals surface area contributed by atoms with Gasteiger partial charge in [0.05, 0.1) is 13.2 Å². The summed E-state index contributed by atoms with van der Waals surface area (Å²) in [6.07, 6.45) is 2.90. The molecule has 1 saturated heterocycles. The highest BCUT2D eigenvalue weighted by molar-refractivity contribution is 5.81. The second-order valence-electron chi connectivity index (χ2n) is 6.71. The number of benzene rings is 2. The van der Waals surface area contributed by atoms with Gasteiger partial charge >= 0.3 is 0 Å². The van der Waals surface area contributed by atoms with E-state index in [1.54, 1.807) is 12.0 Å². The van der Waals surface area contributed by atoms with E-state index in [4.69, 9.17) is 9.47 Å². The summed E-state index contributed by atoms with van der Waals surface area (Å²) in [7, 11) is 1.62. The van der Waals surface area contributed by atoms with E-state index in [2.05, 4.69) is 0 Å². The molecule has 0 spiro atoms. The largest absolute Gasteiger partial charge is 0.493 e. The molecule has 134 valence electrons. The van der Waals surface area contributed by atoms with E-state index in [-0.39, 0.29) is 17.9 Å². The predicted octanol–water partition coefficient (Wildman–Crippen LogP) is 3.51. The number of methoxy groups -OCH3 is 1. The Morgan fingerprint density at radius 2 is 2.00 bits per heavy atom. The van der Waals surface area contributed by atoms with Crippen LogP contribution < -0.4 is 9.47 Å². The lowest BCUT2D eigenvalue weighted by atomic mass is 9.86. The molecule has 1 amide bonds. The quantitative estimate of drug-likeness (QED) is 0.791. The smallest absolute Gasteiger partial charge is 0.223 e. The number of amides is 1. The predicted molar refractivity (Wildman–Crippen MR) is 96.8 cm³/mol. The van der Waals surface area contributed by atoms with Gasteiger partial charge in [0, 0.05) is 30.0 Å². The van der Waals surface area contributed by atoms with Gasteiger partial charge in [-0.3, -0.25) is 4.79 Å². The molecule has 5 heteroatoms. The molecule has 0 saturated carbocycles. The van der Waals surface area contributed by atoms with Crippen molar-refractivity contribution >= 4 is 12.2 Å². The lowest BCUT2D eigenvalue weighted by molar-refractivity contribution is -0.139. The van der Waals surface area contributed by atoms with Crippen molar-refractivity contribution in [1.29, 1.82) is 0 Å². The highest BCUT2D eigenvalue weighted by atomic mass is 16.5. The zero-order chi connectivity index (χ0) is 18.1. The third-order valence-corrected chi connectivity index (χ3v) is 5.26. The molecule has 1 fully saturated rings. The average molecular weight is 351 g/mol. The minimum Gasteiger partial charge on any atom is -0.493 e. The van der Waals surface area contributed by atoms with Gasteiger partial charge in [-0.15, -0.1) is 0 Å². The van der Waals surface area contributed by atoms with Gasteiger partial charge in [0.15, 0.2) is 11.5 Å². The molecule has 0 N–H and O–H groups in total. The summed E-state index contributed by atoms with van der Waals surface area (Å²) in [6, 6.07) is 13.3. The summed E-state index contributed by atoms with van der Waals surface area (Å²) in [5.74, 6) is 2.10. The maximum absolute atomic E-state index is 12.5. The Hall–Kier alpha value is -2.82. The molecule has 2 aliphatic heterocycles. The van der Waals surface area contributed by atoms with E-state index in [0.29, 0.717) is 24.5 Å². The minimum absolute atomic E-state index is 0.0433. The number of hydrogen-bond donors (Lipinski definition) is 0. The Morgan fingerprint density at radius 1 is 1.19 bits per heavy atom. The summed E-state index contributed by atoms with van der Waals surface area (Å²) in [6.45, 7) is 0.461. The zero-order valence-electron chi connectivity index (χ0n) is 14.7. The van der Waals surface area contributed by atoms with Crippen molar-refractivity contribution in [3.63, 3.8) is 0 Å². The number of likely N-dealkylation sites (tertiary alicyclic amines) is 1. The topological polar surface area (TPSA) is 55.8 Å². The number of fused-ring (bicyclic) bond motifs is 2. The van der Waals surface area contributed by atoms with Crippen molar-refractivity contribution in [1.82, 2.24) is 4.90 Å². The van der Waals surface area contributed by atoms with E-state index >= 15 is 0 Å². The molecule has 0 radical (unpaired) electrons. The summed E-state index contributed by atoms with van der Waals surface area (Å²) in [4.78, 5) is 25.7. The second kappa shape index (κ2) is 6.83. The molecular formula is C21H21NO4. The van der Waals surface area contributed by atoms with Crippen LogP contribution in [0.4, 0.5) is 0 Å². The number of carbonyl (C=O) groups excluding carboxylic acids is 2. The normalized spacial score (nSPS) is 21.4. The van der Waals surface area contributed by atoms with Crippen molar-refractivity contribution in [2.24, 2.45) is 0 Å². The van der Waals surface area contributed by atoms with E-state index < -0.39 is 0 Å². The van der Waals surface area contributed by atoms with Gasteiger partial charge in [-0.1, -0.05) is 30.3 Å². The molecule has 0 bridgehead atoms. The molecule has 2 atom stereocenters. The number of nitrogens with zero attached hydrogens (tertiary/aromatic N) is 1. The number of ether oxygens (including phenoxy) is 2. The fourth-order valence-electron chi connectivity index (χ4n) is 3.93. The van der Waals surface area contributed by atoms with Crippen molar-refractivity contribution < 1.29 is 19.1 Å². The Morgan fingerprint density at radius 3 is 2.81 bits per heavy atom. The summed E-state index contributed by atoms with van der Waals surface area (Å²) in [5.41, 5.74) is 2.00. The van der Waals surface area contributed by atoms with Gasteiger partial charge in [-0.2, -0.15) is 0 Å². The van der Waals surface area contributed by atoms with E-state index in [9.17, 15) is 9.59 Å². The fraction of sp³-hybridized carbons (Fsp3) is 0.333. The molecule has 2 aromatic rings. The molecule has 5 nitrogen and oxygen atoms in total. The number of hydrogen-bond acceptors (Lipinski definition) is 4. The van der Waals surface area contributed by atoms with Gasteiger partial charge in [0.25, 0.3) is 0 Å². The third kappa shape index (κ3) is 2.73. The number of para-hydroxylation sites is 2. The molecule has 26 heavy (non-hydrogen) atoms. The van der Waals surface area contributed by atoms with E-state index in [1.165, 1.54) is 0 Å². The van der Waals surface area contributed by atoms with Gasteiger partial charge in [0.2, 0.25) is 5.91 Å². The van der Waals surface area contributed by atoms with E-state index in [1.807, 2.05) is 42.5 Å². The van der Waals surface area contributed by atoms with Crippen LogP contribution in [-0.4, -0.2) is 36.8 Å². The molecular weight excluding hydrogens is 330 g/mol. The van der Waals surface area contributed by atoms with Crippen LogP contribution in [0, 0.1) is 0 Å². The average Bonchev–Trinajstić information content (AvgIpc) is 2.68. The first-order valence-corrected chi connectivity index (χ1v) is 8.91. The molecule has 0 aliphatic carbocycles. The monoisotopic (exact) mass is 351 g/mol. The van der Waals surface area contributed by atoms with Crippen LogP contribution in [0.3, 0.4) is 0 Å². The van der Waals surface area contributed by atoms with Crippen LogP contribution in [0.15, 0.2) is 42.5 Å². The van der Waals surface area contributed by atoms with Crippen LogP contribution in [0.5, 0.6) is 17.2 Å². The highest BCUT2D eigenvalue weighted by Gasteiger charge is 2.35. The number of aldehydes is 1. The highest BCUT2D eigenvalue weighted by Crippen LogP contribution is 2.48. The Balaban J connectivity index is 1.78. The van der Waals surface area contributed by atoms with Crippen molar-refractivity contribution in [2.75, 3.05) is 13.7 Å². The zero-order valence-corrected chi connectivity index (χ0v) is 14.7. The standard InChI is InChI=1S/C21H21NO4/c1-25-19-10-5-8-16-17(12-22-14(13-23)6-4-11-20(22)24)15-7-2-3-9-18(15)26-21(16)19/h2-3,5,7-10,13-14,17H,4,6,11-12H2,1H3. The van der Waals surface area contributed by atoms with Crippen LogP contribution >= 0.6 is 0 Å². The van der Waals surface area contributed by atoms with Crippen LogP contribution in [0.1, 0.15) is 36.3 Å². The molecule has 2 heterocycles. The van der Waals surface area contributed by atoms with E-state index in [0.717, 1.165) is 36.0 Å². The first-order valence-electron chi connectivity index (χ1n) is 8.91. The number of carbonyl (C=O) groups is 2. The maximum Gasteiger partial charge on any atom is 0.223 e. The second-order valence-corrected chi connectivity index (χ2v) is 6.71. The molecule has 4 rings (SSSR count). The van der Waals surface area contributed by atoms with Gasteiger partial charge in [-0.05, 0) is 25.0 Å². The number of rotatable bonds is 4. The van der Waals surface area contributed by atoms with Gasteiger partial charge < -0.3 is 19.2 Å². The maximum atomic E-state index is 12.5. The van der Waals surface area contributed by atoms with Gasteiger partial charge in [0.1, 0.15) is 12.0 Å². The third-order valence-electron chi connectivity index (χ3n) is 5.26. The SMILES string of the molecule is COc1cccc2c1Oc1ccccc1C2CN1C(=O)CCCC1C=O. The summed E-state index contributed by atoms with van der Waals surface area (Å²) in [5, 5.41) is 0. The fourth-order valence-corrected chi connectivity index (χ4v) is 3.93. The lowest BCUT2D eigenvalue weighted by Crippen LogP contribution is -2.46. The minimum atomic E-state index is -0.347. The van der Waals surface area contributed by atoms with Crippen molar-refractivity contribution in [2.45, 2.75) is 31.2 Å². The molecule has 2 aromatic carbocycles. The molecule has 2 aliphatic rings. The Labute approximate surface area is 152 Å². The first-order chi connectivity index (χ1) is 12.7. The summed E-state index contributed by atoms with van der Waals surface area (Å²) < 4.78 is 11.6. The van der Waals surface area contributed by atoms with Crippen LogP contribution in [0.2, 0.25) is 0 Å². The lowest BCUT2D eigenvalue weighted by Gasteiger charge is -2.37. The molecule has 2 unspecified atom stereocenters.